The monoisotopic (exact) mass is 251 g/mol. The summed E-state index contributed by atoms with van der Waals surface area (Å²) in [5.41, 5.74) is 8.52. The topological polar surface area (TPSA) is 43.8 Å². The Morgan fingerprint density at radius 2 is 2.21 bits per heavy atom. The van der Waals surface area contributed by atoms with Gasteiger partial charge < -0.3 is 5.73 Å². The second-order valence-electron chi connectivity index (χ2n) is 3.17. The number of hydrogen-bond acceptors (Lipinski definition) is 2. The molecule has 0 amide bonds. The van der Waals surface area contributed by atoms with Crippen LogP contribution in [0.4, 0.5) is 5.69 Å². The molecule has 0 unspecified atom stereocenters. The highest BCUT2D eigenvalue weighted by Crippen LogP contribution is 2.22. The summed E-state index contributed by atoms with van der Waals surface area (Å²) in [6.07, 6.45) is 3.77. The van der Waals surface area contributed by atoms with E-state index in [1.54, 1.807) is 4.68 Å². The summed E-state index contributed by atoms with van der Waals surface area (Å²) in [7, 11) is 0. The summed E-state index contributed by atoms with van der Waals surface area (Å²) < 4.78 is 2.78. The number of halogens is 1. The highest BCUT2D eigenvalue weighted by molar-refractivity contribution is 9.10. The number of nitrogen functional groups attached to an aromatic ring is 1. The highest BCUT2D eigenvalue weighted by atomic mass is 79.9. The molecule has 0 saturated heterocycles. The third kappa shape index (κ3) is 1.65. The number of benzene rings is 1. The van der Waals surface area contributed by atoms with E-state index in [2.05, 4.69) is 21.0 Å². The van der Waals surface area contributed by atoms with Crippen LogP contribution >= 0.6 is 15.9 Å². The Labute approximate surface area is 90.7 Å². The van der Waals surface area contributed by atoms with Gasteiger partial charge in [0.25, 0.3) is 0 Å². The molecule has 1 aromatic carbocycles. The van der Waals surface area contributed by atoms with E-state index < -0.39 is 0 Å². The Morgan fingerprint density at radius 3 is 2.86 bits per heavy atom. The fourth-order valence-electron chi connectivity index (χ4n) is 1.25. The van der Waals surface area contributed by atoms with Crippen molar-refractivity contribution in [2.45, 2.75) is 6.92 Å². The molecule has 0 aliphatic heterocycles. The van der Waals surface area contributed by atoms with Crippen LogP contribution in [0.25, 0.3) is 5.69 Å². The summed E-state index contributed by atoms with van der Waals surface area (Å²) in [5, 5.41) is 4.22. The molecule has 72 valence electrons. The second-order valence-corrected chi connectivity index (χ2v) is 4.03. The van der Waals surface area contributed by atoms with Gasteiger partial charge in [0.2, 0.25) is 0 Å². The van der Waals surface area contributed by atoms with Gasteiger partial charge in [0.15, 0.2) is 0 Å². The van der Waals surface area contributed by atoms with Gasteiger partial charge in [0.05, 0.1) is 11.9 Å². The zero-order valence-electron chi connectivity index (χ0n) is 7.74. The van der Waals surface area contributed by atoms with E-state index in [9.17, 15) is 0 Å². The van der Waals surface area contributed by atoms with E-state index in [0.29, 0.717) is 0 Å². The van der Waals surface area contributed by atoms with Crippen molar-refractivity contribution in [3.8, 4) is 5.69 Å². The summed E-state index contributed by atoms with van der Waals surface area (Å²) in [5.74, 6) is 0. The lowest BCUT2D eigenvalue weighted by atomic mass is 10.3. The van der Waals surface area contributed by atoms with E-state index in [4.69, 9.17) is 5.73 Å². The lowest BCUT2D eigenvalue weighted by molar-refractivity contribution is 0.876. The molecular weight excluding hydrogens is 242 g/mol. The first-order chi connectivity index (χ1) is 6.66. The molecule has 0 aliphatic rings. The molecule has 2 aromatic rings. The summed E-state index contributed by atoms with van der Waals surface area (Å²) in [6.45, 7) is 2.00. The minimum Gasteiger partial charge on any atom is -0.399 e. The smallest absolute Gasteiger partial charge is 0.0808 e. The van der Waals surface area contributed by atoms with E-state index in [1.807, 2.05) is 37.5 Å². The summed E-state index contributed by atoms with van der Waals surface area (Å²) in [4.78, 5) is 0. The Morgan fingerprint density at radius 1 is 1.43 bits per heavy atom. The number of hydrogen-bond donors (Lipinski definition) is 1. The van der Waals surface area contributed by atoms with Crippen LogP contribution in [-0.2, 0) is 0 Å². The minimum absolute atomic E-state index is 0.733. The maximum absolute atomic E-state index is 5.71. The van der Waals surface area contributed by atoms with E-state index in [1.165, 1.54) is 0 Å². The molecule has 0 saturated carbocycles. The van der Waals surface area contributed by atoms with Crippen LogP contribution < -0.4 is 5.73 Å². The van der Waals surface area contributed by atoms with E-state index in [-0.39, 0.29) is 0 Å². The Balaban J connectivity index is 2.55. The van der Waals surface area contributed by atoms with Gasteiger partial charge in [-0.2, -0.15) is 5.10 Å². The first kappa shape index (κ1) is 9.27. The van der Waals surface area contributed by atoms with Crippen molar-refractivity contribution in [3.63, 3.8) is 0 Å². The van der Waals surface area contributed by atoms with Crippen molar-refractivity contribution in [2.75, 3.05) is 5.73 Å². The average molecular weight is 252 g/mol. The largest absolute Gasteiger partial charge is 0.399 e. The van der Waals surface area contributed by atoms with E-state index >= 15 is 0 Å². The molecule has 0 aliphatic carbocycles. The van der Waals surface area contributed by atoms with Crippen LogP contribution in [0.1, 0.15) is 5.56 Å². The summed E-state index contributed by atoms with van der Waals surface area (Å²) in [6, 6.07) is 5.65. The van der Waals surface area contributed by atoms with Gasteiger partial charge in [-0.05, 0) is 46.6 Å². The SMILES string of the molecule is Cc1cnn(-c2cc(N)ccc2Br)c1. The minimum atomic E-state index is 0.733. The van der Waals surface area contributed by atoms with Crippen LogP contribution in [0.5, 0.6) is 0 Å². The summed E-state index contributed by atoms with van der Waals surface area (Å²) >= 11 is 3.46. The van der Waals surface area contributed by atoms with Crippen molar-refractivity contribution in [3.05, 3.63) is 40.6 Å². The van der Waals surface area contributed by atoms with Crippen molar-refractivity contribution in [2.24, 2.45) is 0 Å². The van der Waals surface area contributed by atoms with Gasteiger partial charge in [-0.1, -0.05) is 0 Å². The van der Waals surface area contributed by atoms with Crippen molar-refractivity contribution in [1.82, 2.24) is 9.78 Å². The maximum atomic E-state index is 5.71. The molecule has 2 N–H and O–H groups in total. The fourth-order valence-corrected chi connectivity index (χ4v) is 1.68. The van der Waals surface area contributed by atoms with Crippen molar-refractivity contribution in [1.29, 1.82) is 0 Å². The van der Waals surface area contributed by atoms with Crippen LogP contribution in [0.15, 0.2) is 35.1 Å². The third-order valence-electron chi connectivity index (χ3n) is 1.93. The molecule has 0 radical (unpaired) electrons. The highest BCUT2D eigenvalue weighted by Gasteiger charge is 2.03. The first-order valence-electron chi connectivity index (χ1n) is 4.23. The van der Waals surface area contributed by atoms with Crippen molar-refractivity contribution >= 4 is 21.6 Å². The normalized spacial score (nSPS) is 10.4. The Kier molecular flexibility index (Phi) is 2.29. The third-order valence-corrected chi connectivity index (χ3v) is 2.60. The number of rotatable bonds is 1. The predicted octanol–water partition coefficient (Wildman–Crippen LogP) is 2.53. The molecule has 1 aromatic heterocycles. The number of aromatic nitrogens is 2. The van der Waals surface area contributed by atoms with Gasteiger partial charge in [0, 0.05) is 16.4 Å². The van der Waals surface area contributed by atoms with Gasteiger partial charge in [-0.25, -0.2) is 4.68 Å². The molecule has 0 atom stereocenters. The van der Waals surface area contributed by atoms with Gasteiger partial charge in [-0.3, -0.25) is 0 Å². The molecule has 1 heterocycles. The lowest BCUT2D eigenvalue weighted by Gasteiger charge is -2.04. The number of nitrogens with zero attached hydrogens (tertiary/aromatic N) is 2. The number of aryl methyl sites for hydroxylation is 1. The predicted molar refractivity (Wildman–Crippen MR) is 60.4 cm³/mol. The average Bonchev–Trinajstić information content (AvgIpc) is 2.56. The molecule has 0 bridgehead atoms. The number of nitrogens with two attached hydrogens (primary N) is 1. The zero-order chi connectivity index (χ0) is 10.1. The number of anilines is 1. The van der Waals surface area contributed by atoms with Crippen molar-refractivity contribution < 1.29 is 0 Å². The Bertz CT molecular complexity index is 462. The zero-order valence-corrected chi connectivity index (χ0v) is 9.32. The molecule has 0 fully saturated rings. The second kappa shape index (κ2) is 3.46. The molecule has 14 heavy (non-hydrogen) atoms. The quantitative estimate of drug-likeness (QED) is 0.792. The van der Waals surface area contributed by atoms with Gasteiger partial charge in [0.1, 0.15) is 0 Å². The first-order valence-corrected chi connectivity index (χ1v) is 5.03. The van der Waals surface area contributed by atoms with Gasteiger partial charge in [-0.15, -0.1) is 0 Å². The molecule has 2 rings (SSSR count). The standard InChI is InChI=1S/C10H10BrN3/c1-7-5-13-14(6-7)10-4-8(12)2-3-9(10)11/h2-6H,12H2,1H3. The lowest BCUT2D eigenvalue weighted by Crippen LogP contribution is -1.97. The maximum Gasteiger partial charge on any atom is 0.0808 e. The van der Waals surface area contributed by atoms with Gasteiger partial charge >= 0.3 is 0 Å². The van der Waals surface area contributed by atoms with Crippen LogP contribution in [-0.4, -0.2) is 9.78 Å². The molecule has 4 heteroatoms. The molecular formula is C10H10BrN3. The molecule has 0 spiro atoms. The Hall–Kier alpha value is -1.29. The fraction of sp³-hybridized carbons (Fsp3) is 0.100. The van der Waals surface area contributed by atoms with E-state index in [0.717, 1.165) is 21.4 Å². The van der Waals surface area contributed by atoms with Crippen LogP contribution in [0.2, 0.25) is 0 Å². The van der Waals surface area contributed by atoms with Crippen LogP contribution in [0, 0.1) is 6.92 Å². The molecule has 3 nitrogen and oxygen atoms in total. The van der Waals surface area contributed by atoms with Crippen LogP contribution in [0.3, 0.4) is 0 Å².